The molecule has 3 amide bonds. The van der Waals surface area contributed by atoms with Gasteiger partial charge in [-0.05, 0) is 30.7 Å². The maximum absolute atomic E-state index is 11.9. The van der Waals surface area contributed by atoms with Gasteiger partial charge in [0.2, 0.25) is 5.91 Å². The molecule has 6 nitrogen and oxygen atoms in total. The van der Waals surface area contributed by atoms with E-state index in [0.29, 0.717) is 17.2 Å². The van der Waals surface area contributed by atoms with Gasteiger partial charge in [0.05, 0.1) is 12.8 Å². The molecule has 0 saturated carbocycles. The maximum Gasteiger partial charge on any atom is 0.329 e. The highest BCUT2D eigenvalue weighted by Gasteiger charge is 2.30. The van der Waals surface area contributed by atoms with Crippen LogP contribution in [0.5, 0.6) is 17.2 Å². The van der Waals surface area contributed by atoms with E-state index >= 15 is 0 Å². The third-order valence-electron chi connectivity index (χ3n) is 3.83. The van der Waals surface area contributed by atoms with Crippen LogP contribution in [-0.4, -0.2) is 25.6 Å². The van der Waals surface area contributed by atoms with Crippen LogP contribution in [0.2, 0.25) is 0 Å². The molecule has 2 aromatic carbocycles. The fourth-order valence-electron chi connectivity index (χ4n) is 2.70. The van der Waals surface area contributed by atoms with Crippen molar-refractivity contribution in [2.75, 3.05) is 18.6 Å². The third kappa shape index (κ3) is 2.90. The summed E-state index contributed by atoms with van der Waals surface area (Å²) in [6.45, 7) is 2.00. The summed E-state index contributed by atoms with van der Waals surface area (Å²) < 4.78 is 11.4. The number of imide groups is 1. The Morgan fingerprint density at radius 2 is 1.75 bits per heavy atom. The summed E-state index contributed by atoms with van der Waals surface area (Å²) in [5.41, 5.74) is 1.49. The van der Waals surface area contributed by atoms with E-state index in [-0.39, 0.29) is 12.5 Å². The second-order valence-corrected chi connectivity index (χ2v) is 5.30. The highest BCUT2D eigenvalue weighted by molar-refractivity contribution is 6.12. The minimum Gasteiger partial charge on any atom is -0.496 e. The average Bonchev–Trinajstić information content (AvgIpc) is 2.93. The molecule has 0 radical (unpaired) electrons. The van der Waals surface area contributed by atoms with Gasteiger partial charge in [-0.25, -0.2) is 4.79 Å². The number of hydrogen-bond acceptors (Lipinski definition) is 4. The number of benzene rings is 2. The van der Waals surface area contributed by atoms with Crippen molar-refractivity contribution in [3.05, 3.63) is 48.0 Å². The number of ether oxygens (including phenoxy) is 2. The van der Waals surface area contributed by atoms with Crippen LogP contribution < -0.4 is 19.7 Å². The van der Waals surface area contributed by atoms with Gasteiger partial charge in [0.25, 0.3) is 0 Å². The fourth-order valence-corrected chi connectivity index (χ4v) is 2.70. The molecule has 0 aromatic heterocycles. The van der Waals surface area contributed by atoms with E-state index in [1.165, 1.54) is 4.90 Å². The van der Waals surface area contributed by atoms with Crippen molar-refractivity contribution in [3.8, 4) is 17.2 Å². The van der Waals surface area contributed by atoms with E-state index in [1.54, 1.807) is 25.3 Å². The highest BCUT2D eigenvalue weighted by Crippen LogP contribution is 2.37. The topological polar surface area (TPSA) is 67.9 Å². The molecule has 1 fully saturated rings. The lowest BCUT2D eigenvalue weighted by atomic mass is 10.1. The molecular formula is C18H18N2O4. The van der Waals surface area contributed by atoms with Gasteiger partial charge in [-0.1, -0.05) is 25.1 Å². The maximum atomic E-state index is 11.9. The van der Waals surface area contributed by atoms with Crippen LogP contribution >= 0.6 is 0 Å². The Morgan fingerprint density at radius 3 is 2.42 bits per heavy atom. The molecule has 1 saturated heterocycles. The molecule has 0 spiro atoms. The summed E-state index contributed by atoms with van der Waals surface area (Å²) in [4.78, 5) is 24.8. The highest BCUT2D eigenvalue weighted by atomic mass is 16.5. The standard InChI is InChI=1S/C18H18N2O4/c1-3-12-14(23-2)9-6-10-15(12)24-16-8-5-4-7-13(16)20-11-17(21)19-18(20)22/h4-10H,3,11H2,1-2H3,(H,19,21,22). The molecule has 0 aliphatic carbocycles. The van der Waals surface area contributed by atoms with Gasteiger partial charge in [-0.3, -0.25) is 15.0 Å². The number of hydrogen-bond donors (Lipinski definition) is 1. The molecule has 1 N–H and O–H groups in total. The lowest BCUT2D eigenvalue weighted by Gasteiger charge is -2.19. The zero-order chi connectivity index (χ0) is 17.1. The van der Waals surface area contributed by atoms with E-state index in [0.717, 1.165) is 17.7 Å². The van der Waals surface area contributed by atoms with Crippen molar-refractivity contribution in [3.63, 3.8) is 0 Å². The van der Waals surface area contributed by atoms with Crippen LogP contribution in [0.3, 0.4) is 0 Å². The number of carbonyl (C=O) groups excluding carboxylic acids is 2. The van der Waals surface area contributed by atoms with Gasteiger partial charge < -0.3 is 9.47 Å². The Hall–Kier alpha value is -3.02. The first kappa shape index (κ1) is 15.9. The molecule has 2 aromatic rings. The molecule has 24 heavy (non-hydrogen) atoms. The van der Waals surface area contributed by atoms with Crippen LogP contribution in [0.15, 0.2) is 42.5 Å². The predicted octanol–water partition coefficient (Wildman–Crippen LogP) is 3.11. The number of carbonyl (C=O) groups is 2. The fraction of sp³-hybridized carbons (Fsp3) is 0.222. The quantitative estimate of drug-likeness (QED) is 0.857. The number of anilines is 1. The smallest absolute Gasteiger partial charge is 0.329 e. The largest absolute Gasteiger partial charge is 0.496 e. The number of amides is 3. The van der Waals surface area contributed by atoms with Gasteiger partial charge in [-0.2, -0.15) is 0 Å². The Bertz CT molecular complexity index is 788. The van der Waals surface area contributed by atoms with Crippen molar-refractivity contribution in [1.82, 2.24) is 5.32 Å². The zero-order valence-corrected chi connectivity index (χ0v) is 13.5. The Morgan fingerprint density at radius 1 is 1.04 bits per heavy atom. The predicted molar refractivity (Wildman–Crippen MR) is 89.8 cm³/mol. The van der Waals surface area contributed by atoms with Crippen molar-refractivity contribution < 1.29 is 19.1 Å². The number of methoxy groups -OCH3 is 1. The average molecular weight is 326 g/mol. The number of rotatable bonds is 5. The second-order valence-electron chi connectivity index (χ2n) is 5.30. The van der Waals surface area contributed by atoms with Crippen LogP contribution in [0, 0.1) is 0 Å². The lowest BCUT2D eigenvalue weighted by molar-refractivity contribution is -0.117. The van der Waals surface area contributed by atoms with Crippen LogP contribution in [0.4, 0.5) is 10.5 Å². The molecule has 3 rings (SSSR count). The summed E-state index contributed by atoms with van der Waals surface area (Å²) in [5, 5.41) is 2.27. The number of nitrogens with zero attached hydrogens (tertiary/aromatic N) is 1. The SMILES string of the molecule is CCc1c(OC)cccc1Oc1ccccc1N1CC(=O)NC1=O. The van der Waals surface area contributed by atoms with E-state index in [2.05, 4.69) is 5.32 Å². The van der Waals surface area contributed by atoms with E-state index in [9.17, 15) is 9.59 Å². The van der Waals surface area contributed by atoms with Gasteiger partial charge in [-0.15, -0.1) is 0 Å². The van der Waals surface area contributed by atoms with Crippen LogP contribution in [-0.2, 0) is 11.2 Å². The van der Waals surface area contributed by atoms with E-state index in [1.807, 2.05) is 31.2 Å². The molecule has 1 heterocycles. The third-order valence-corrected chi connectivity index (χ3v) is 3.83. The van der Waals surface area contributed by atoms with Gasteiger partial charge in [0, 0.05) is 5.56 Å². The minimum atomic E-state index is -0.447. The molecule has 124 valence electrons. The van der Waals surface area contributed by atoms with Crippen molar-refractivity contribution >= 4 is 17.6 Å². The van der Waals surface area contributed by atoms with Crippen molar-refractivity contribution in [2.24, 2.45) is 0 Å². The first-order valence-corrected chi connectivity index (χ1v) is 7.68. The summed E-state index contributed by atoms with van der Waals surface area (Å²) in [6.07, 6.45) is 0.740. The van der Waals surface area contributed by atoms with E-state index in [4.69, 9.17) is 9.47 Å². The first-order valence-electron chi connectivity index (χ1n) is 7.68. The van der Waals surface area contributed by atoms with Crippen LogP contribution in [0.25, 0.3) is 0 Å². The number of urea groups is 1. The molecular weight excluding hydrogens is 308 g/mol. The zero-order valence-electron chi connectivity index (χ0n) is 13.5. The molecule has 6 heteroatoms. The molecule has 1 aliphatic heterocycles. The summed E-state index contributed by atoms with van der Waals surface area (Å²) in [6, 6.07) is 12.3. The van der Waals surface area contributed by atoms with E-state index < -0.39 is 6.03 Å². The van der Waals surface area contributed by atoms with Gasteiger partial charge in [0.15, 0.2) is 5.75 Å². The van der Waals surface area contributed by atoms with Crippen LogP contribution in [0.1, 0.15) is 12.5 Å². The number of para-hydroxylation sites is 2. The summed E-state index contributed by atoms with van der Waals surface area (Å²) >= 11 is 0. The minimum absolute atomic E-state index is 0.0159. The number of nitrogens with one attached hydrogen (secondary N) is 1. The van der Waals surface area contributed by atoms with Crippen molar-refractivity contribution in [1.29, 1.82) is 0 Å². The van der Waals surface area contributed by atoms with Gasteiger partial charge in [0.1, 0.15) is 18.0 Å². The Kier molecular flexibility index (Phi) is 4.37. The molecule has 0 atom stereocenters. The Balaban J connectivity index is 1.98. The first-order chi connectivity index (χ1) is 11.6. The monoisotopic (exact) mass is 326 g/mol. The molecule has 1 aliphatic rings. The van der Waals surface area contributed by atoms with Crippen molar-refractivity contribution in [2.45, 2.75) is 13.3 Å². The van der Waals surface area contributed by atoms with Gasteiger partial charge >= 0.3 is 6.03 Å². The molecule has 0 bridgehead atoms. The molecule has 0 unspecified atom stereocenters. The summed E-state index contributed by atoms with van der Waals surface area (Å²) in [5.74, 6) is 1.59. The normalized spacial score (nSPS) is 13.8. The summed E-state index contributed by atoms with van der Waals surface area (Å²) in [7, 11) is 1.62. The second kappa shape index (κ2) is 6.62. The lowest BCUT2D eigenvalue weighted by Crippen LogP contribution is -2.28. The Labute approximate surface area is 140 Å².